The van der Waals surface area contributed by atoms with Crippen molar-refractivity contribution in [2.24, 2.45) is 0 Å². The van der Waals surface area contributed by atoms with Crippen molar-refractivity contribution < 1.29 is 28.4 Å². The smallest absolute Gasteiger partial charge is 0.143 e. The first-order chi connectivity index (χ1) is 54.2. The quantitative estimate of drug-likeness (QED) is 0.142. The van der Waals surface area contributed by atoms with Gasteiger partial charge < -0.3 is 38.2 Å². The summed E-state index contributed by atoms with van der Waals surface area (Å²) in [5.74, 6) is 4.49. The number of pyridine rings is 6. The second-order valence-electron chi connectivity index (χ2n) is 36.9. The van der Waals surface area contributed by atoms with Crippen LogP contribution in [0.1, 0.15) is 214 Å². The van der Waals surface area contributed by atoms with E-state index in [1.807, 2.05) is 73.6 Å². The summed E-state index contributed by atoms with van der Waals surface area (Å²) in [6.45, 7) is 44.0. The summed E-state index contributed by atoms with van der Waals surface area (Å²) in [5, 5.41) is 0. The largest absolute Gasteiger partial charge is 0.488 e. The number of hydrogen-bond acceptors (Lipinski definition) is 14. The molecule has 6 aromatic carbocycles. The molecule has 6 aromatic heterocycles. The van der Waals surface area contributed by atoms with Crippen LogP contribution in [-0.2, 0) is 98.3 Å². The highest BCUT2D eigenvalue weighted by Crippen LogP contribution is 2.44. The monoisotopic (exact) mass is 1520 g/mol. The Balaban J connectivity index is 0.943. The molecule has 0 atom stereocenters. The van der Waals surface area contributed by atoms with Crippen LogP contribution in [0.3, 0.4) is 0 Å². The lowest BCUT2D eigenvalue weighted by molar-refractivity contribution is 0.299. The number of nitrogens with zero attached hydrogens (tertiary/aromatic N) is 8. The molecule has 0 saturated carbocycles. The zero-order valence-electron chi connectivity index (χ0n) is 69.9. The molecule has 20 heterocycles. The molecule has 0 radical (unpaired) electrons. The molecule has 0 aliphatic carbocycles. The number of ether oxygens (including phenoxy) is 6. The van der Waals surface area contributed by atoms with Gasteiger partial charge in [-0.3, -0.25) is 29.9 Å². The number of hydrogen-bond donors (Lipinski definition) is 0. The van der Waals surface area contributed by atoms with E-state index in [-0.39, 0.29) is 72.1 Å². The first kappa shape index (κ1) is 79.3. The van der Waals surface area contributed by atoms with Gasteiger partial charge in [-0.25, -0.2) is 0 Å². The average molecular weight is 1520 g/mol. The van der Waals surface area contributed by atoms with Crippen LogP contribution < -0.4 is 38.2 Å². The fraction of sp³-hybridized carbons (Fsp3) is 0.340. The molecule has 14 heteroatoms. The van der Waals surface area contributed by atoms with Crippen molar-refractivity contribution in [1.29, 1.82) is 0 Å². The summed E-state index contributed by atoms with van der Waals surface area (Å²) in [6, 6.07) is 64.5. The topological polar surface area (TPSA) is 139 Å². The van der Waals surface area contributed by atoms with E-state index in [0.717, 1.165) is 147 Å². The van der Waals surface area contributed by atoms with E-state index in [2.05, 4.69) is 280 Å². The van der Waals surface area contributed by atoms with E-state index < -0.39 is 0 Å². The highest BCUT2D eigenvalue weighted by atomic mass is 16.5. The van der Waals surface area contributed by atoms with Gasteiger partial charge in [-0.1, -0.05) is 197 Å². The van der Waals surface area contributed by atoms with Gasteiger partial charge in [0.15, 0.2) is 0 Å². The molecular weight excluding hydrogens is 1410 g/mol. The predicted molar refractivity (Wildman–Crippen MR) is 459 cm³/mol. The molecule has 12 aromatic rings. The zero-order valence-corrected chi connectivity index (χ0v) is 69.9. The van der Waals surface area contributed by atoms with Crippen molar-refractivity contribution in [2.75, 3.05) is 9.80 Å². The van der Waals surface area contributed by atoms with Crippen LogP contribution in [0.2, 0.25) is 0 Å². The van der Waals surface area contributed by atoms with Gasteiger partial charge in [0.25, 0.3) is 0 Å². The Morgan fingerprint density at radius 2 is 0.386 bits per heavy atom. The van der Waals surface area contributed by atoms with E-state index in [1.165, 1.54) is 22.3 Å². The molecule has 14 bridgehead atoms. The Bertz CT molecular complexity index is 4810. The maximum absolute atomic E-state index is 7.14. The van der Waals surface area contributed by atoms with Gasteiger partial charge in [0.2, 0.25) is 0 Å². The minimum atomic E-state index is -0.216. The molecule has 0 N–H and O–H groups in total. The summed E-state index contributed by atoms with van der Waals surface area (Å²) in [5.41, 5.74) is 21.7. The molecule has 26 rings (SSSR count). The molecule has 0 unspecified atom stereocenters. The lowest BCUT2D eigenvalue weighted by Crippen LogP contribution is -2.25. The van der Waals surface area contributed by atoms with Gasteiger partial charge in [-0.15, -0.1) is 0 Å². The Morgan fingerprint density at radius 3 is 0.561 bits per heavy atom. The van der Waals surface area contributed by atoms with Gasteiger partial charge >= 0.3 is 0 Å². The van der Waals surface area contributed by atoms with E-state index in [1.54, 1.807) is 0 Å². The van der Waals surface area contributed by atoms with Gasteiger partial charge in [-0.2, -0.15) is 0 Å². The minimum Gasteiger partial charge on any atom is -0.488 e. The summed E-state index contributed by atoms with van der Waals surface area (Å²) in [7, 11) is 0. The maximum Gasteiger partial charge on any atom is 0.143 e. The van der Waals surface area contributed by atoms with Crippen LogP contribution in [-0.4, -0.2) is 29.9 Å². The van der Waals surface area contributed by atoms with Crippen LogP contribution in [0.15, 0.2) is 219 Å². The standard InChI is InChI=1S/C100H110N8O6/c1-95(2,3)75-25-37-89-71(43-75)55-107-56-72-44-76(96(4,5)6)26-38-90(72)110-60-66-20-33-83(103-50-66)84-34-22-68(52-104-84)62-112-92-40-28-78(98(10,11)12)46-74(92)58-108(57-73-45-77(97(7,8)9)27-39-91(73)111-61-67-21-32-82(102-51-67)81-31-19-65(49-101-81)59-109-89)88-48-80(100(16,17)18)30-42-94(88)114-64-70-24-36-86(106-54-70)85-35-23-69(53-105-85)63-113-93-41-29-79(47-87(93)107)99(13,14)15/h19-54H,55-64H2,1-18H3. The molecule has 0 fully saturated rings. The molecule has 0 amide bonds. The number of rotatable bonds is 0. The molecule has 586 valence electrons. The van der Waals surface area contributed by atoms with Crippen LogP contribution in [0.4, 0.5) is 11.4 Å². The molecule has 114 heavy (non-hydrogen) atoms. The maximum atomic E-state index is 7.14. The molecule has 0 saturated heterocycles. The Morgan fingerprint density at radius 1 is 0.211 bits per heavy atom. The number of benzene rings is 6. The van der Waals surface area contributed by atoms with Gasteiger partial charge in [0, 0.05) is 119 Å². The Kier molecular flexibility index (Phi) is 22.4. The Labute approximate surface area is 675 Å². The highest BCUT2D eigenvalue weighted by molar-refractivity contribution is 5.66. The van der Waals surface area contributed by atoms with Gasteiger partial charge in [0.1, 0.15) is 74.1 Å². The van der Waals surface area contributed by atoms with Gasteiger partial charge in [0.05, 0.1) is 45.5 Å². The van der Waals surface area contributed by atoms with Crippen molar-refractivity contribution >= 4 is 11.4 Å². The summed E-state index contributed by atoms with van der Waals surface area (Å²) in [6.07, 6.45) is 11.4. The third-order valence-electron chi connectivity index (χ3n) is 21.6. The van der Waals surface area contributed by atoms with Crippen molar-refractivity contribution in [2.45, 2.75) is 223 Å². The average Bonchev–Trinajstić information content (AvgIpc) is 0.786. The lowest BCUT2D eigenvalue weighted by Gasteiger charge is -2.32. The number of aromatic nitrogens is 6. The second-order valence-corrected chi connectivity index (χ2v) is 36.9. The summed E-state index contributed by atoms with van der Waals surface area (Å²) >= 11 is 0. The van der Waals surface area contributed by atoms with Crippen molar-refractivity contribution in [3.8, 4) is 68.7 Å². The van der Waals surface area contributed by atoms with Crippen molar-refractivity contribution in [3.05, 3.63) is 308 Å². The predicted octanol–water partition coefficient (Wildman–Crippen LogP) is 23.4. The van der Waals surface area contributed by atoms with E-state index in [0.29, 0.717) is 26.2 Å². The summed E-state index contributed by atoms with van der Waals surface area (Å²) < 4.78 is 42.4. The van der Waals surface area contributed by atoms with E-state index >= 15 is 0 Å². The number of anilines is 2. The van der Waals surface area contributed by atoms with Gasteiger partial charge in [-0.05, 0) is 175 Å². The first-order valence-corrected chi connectivity index (χ1v) is 40.0. The third-order valence-corrected chi connectivity index (χ3v) is 21.6. The Hall–Kier alpha value is -11.4. The lowest BCUT2D eigenvalue weighted by atomic mass is 9.85. The summed E-state index contributed by atoms with van der Waals surface area (Å²) in [4.78, 5) is 35.0. The van der Waals surface area contributed by atoms with Crippen molar-refractivity contribution in [3.63, 3.8) is 0 Å². The molecule has 14 aliphatic rings. The van der Waals surface area contributed by atoms with Crippen LogP contribution in [0, 0.1) is 0 Å². The van der Waals surface area contributed by atoms with E-state index in [4.69, 9.17) is 58.3 Å². The third kappa shape index (κ3) is 19.1. The second kappa shape index (κ2) is 32.2. The first-order valence-electron chi connectivity index (χ1n) is 40.0. The molecule has 0 spiro atoms. The highest BCUT2D eigenvalue weighted by Gasteiger charge is 2.30. The van der Waals surface area contributed by atoms with E-state index in [9.17, 15) is 0 Å². The van der Waals surface area contributed by atoms with Crippen LogP contribution >= 0.6 is 0 Å². The molecule has 14 aliphatic heterocycles. The van der Waals surface area contributed by atoms with Crippen LogP contribution in [0.5, 0.6) is 34.5 Å². The normalized spacial score (nSPS) is 14.3. The fourth-order valence-electron chi connectivity index (χ4n) is 14.2. The zero-order chi connectivity index (χ0) is 80.5. The molecule has 14 nitrogen and oxygen atoms in total. The van der Waals surface area contributed by atoms with Crippen LogP contribution in [0.25, 0.3) is 34.2 Å². The van der Waals surface area contributed by atoms with Crippen molar-refractivity contribution in [1.82, 2.24) is 29.9 Å². The fourth-order valence-corrected chi connectivity index (χ4v) is 14.2. The minimum absolute atomic E-state index is 0.182. The molecular formula is C100H110N8O6. The SMILES string of the molecule is CC(C)(C)c1ccc2c(c1)CN1Cc3cc(C(C)(C)C)ccc3OCc3ccc(nc3)-c3ccc(cn3)COc3ccc(C(C)(C)C)cc3CN(Cc3cc(C(C)(C)C)ccc3OCc3ccc(nc3)-c3ccc(cn3)CO2)c2cc(C(C)(C)C)ccc2OCc2ccc(nc2)-c2ccc(cn2)COc2ccc(C(C)(C)C)cc21.